The van der Waals surface area contributed by atoms with Crippen molar-refractivity contribution in [2.24, 2.45) is 5.10 Å². The second-order valence-corrected chi connectivity index (χ2v) is 7.79. The fraction of sp³-hybridized carbons (Fsp3) is 0.182. The number of para-hydroxylation sites is 2. The molecule has 0 aliphatic carbocycles. The molecule has 0 saturated heterocycles. The summed E-state index contributed by atoms with van der Waals surface area (Å²) in [7, 11) is 0. The number of hydrogen-bond donors (Lipinski definition) is 1. The molecule has 2 aromatic heterocycles. The highest BCUT2D eigenvalue weighted by atomic mass is 32.1. The summed E-state index contributed by atoms with van der Waals surface area (Å²) in [5.74, 6) is 0. The number of hydrazone groups is 1. The van der Waals surface area contributed by atoms with Crippen LogP contribution in [0.1, 0.15) is 28.1 Å². The molecule has 136 valence electrons. The Kier molecular flexibility index (Phi) is 4.54. The van der Waals surface area contributed by atoms with Gasteiger partial charge in [-0.05, 0) is 57.0 Å². The number of nitrogens with zero attached hydrogens (tertiary/aromatic N) is 3. The summed E-state index contributed by atoms with van der Waals surface area (Å²) in [6, 6.07) is 16.7. The van der Waals surface area contributed by atoms with Gasteiger partial charge in [0.15, 0.2) is 0 Å². The van der Waals surface area contributed by atoms with Crippen molar-refractivity contribution in [2.45, 2.75) is 27.7 Å². The first kappa shape index (κ1) is 17.5. The van der Waals surface area contributed by atoms with Crippen molar-refractivity contribution < 1.29 is 0 Å². The molecule has 27 heavy (non-hydrogen) atoms. The minimum atomic E-state index is 0.802. The fourth-order valence-corrected chi connectivity index (χ4v) is 4.31. The van der Waals surface area contributed by atoms with E-state index in [0.29, 0.717) is 0 Å². The van der Waals surface area contributed by atoms with Crippen molar-refractivity contribution in [3.05, 3.63) is 76.6 Å². The van der Waals surface area contributed by atoms with Crippen LogP contribution < -0.4 is 5.43 Å². The number of anilines is 1. The molecule has 0 bridgehead atoms. The average molecular weight is 375 g/mol. The normalized spacial score (nSPS) is 11.6. The second-order valence-electron chi connectivity index (χ2n) is 6.76. The Morgan fingerprint density at radius 1 is 1.00 bits per heavy atom. The van der Waals surface area contributed by atoms with Gasteiger partial charge in [-0.25, -0.2) is 4.98 Å². The second kappa shape index (κ2) is 7.00. The lowest BCUT2D eigenvalue weighted by Crippen LogP contribution is -2.04. The number of nitrogens with one attached hydrogen (secondary N) is 1. The van der Waals surface area contributed by atoms with Gasteiger partial charge in [0.1, 0.15) is 0 Å². The Morgan fingerprint density at radius 2 is 1.74 bits per heavy atom. The summed E-state index contributed by atoms with van der Waals surface area (Å²) in [6.45, 7) is 8.59. The van der Waals surface area contributed by atoms with Crippen LogP contribution in [0.3, 0.4) is 0 Å². The molecule has 0 spiro atoms. The molecule has 0 radical (unpaired) electrons. The van der Waals surface area contributed by atoms with Crippen molar-refractivity contribution in [3.63, 3.8) is 0 Å². The molecule has 0 saturated carbocycles. The summed E-state index contributed by atoms with van der Waals surface area (Å²) >= 11 is 1.60. The zero-order valence-electron chi connectivity index (χ0n) is 15.9. The first-order valence-electron chi connectivity index (χ1n) is 8.95. The number of aryl methyl sites for hydroxylation is 3. The zero-order valence-corrected chi connectivity index (χ0v) is 16.8. The Morgan fingerprint density at radius 3 is 2.48 bits per heavy atom. The molecule has 2 heterocycles. The van der Waals surface area contributed by atoms with Gasteiger partial charge in [0.25, 0.3) is 0 Å². The summed E-state index contributed by atoms with van der Waals surface area (Å²) < 4.78 is 3.47. The maximum Gasteiger partial charge on any atom is 0.204 e. The lowest BCUT2D eigenvalue weighted by atomic mass is 10.1. The maximum atomic E-state index is 4.55. The zero-order chi connectivity index (χ0) is 19.0. The summed E-state index contributed by atoms with van der Waals surface area (Å²) in [6.07, 6.45) is 1.87. The lowest BCUT2D eigenvalue weighted by molar-refractivity contribution is 0.943. The average Bonchev–Trinajstić information content (AvgIpc) is 3.17. The van der Waals surface area contributed by atoms with E-state index in [-0.39, 0.29) is 0 Å². The van der Waals surface area contributed by atoms with Crippen molar-refractivity contribution in [1.82, 2.24) is 9.55 Å². The van der Waals surface area contributed by atoms with Gasteiger partial charge in [-0.3, -0.25) is 5.43 Å². The van der Waals surface area contributed by atoms with Gasteiger partial charge in [-0.2, -0.15) is 5.10 Å². The van der Waals surface area contributed by atoms with Crippen LogP contribution in [0.4, 0.5) is 5.13 Å². The van der Waals surface area contributed by atoms with Crippen LogP contribution >= 0.6 is 11.3 Å². The van der Waals surface area contributed by atoms with Gasteiger partial charge in [0.2, 0.25) is 5.13 Å². The molecule has 5 heteroatoms. The topological polar surface area (TPSA) is 42.2 Å². The van der Waals surface area contributed by atoms with Gasteiger partial charge in [-0.1, -0.05) is 41.7 Å². The Balaban J connectivity index is 1.62. The van der Waals surface area contributed by atoms with Crippen LogP contribution in [0.15, 0.2) is 53.6 Å². The van der Waals surface area contributed by atoms with Crippen molar-refractivity contribution >= 4 is 32.9 Å². The highest BCUT2D eigenvalue weighted by molar-refractivity contribution is 7.22. The monoisotopic (exact) mass is 374 g/mol. The molecule has 4 rings (SSSR count). The van der Waals surface area contributed by atoms with Crippen molar-refractivity contribution in [3.8, 4) is 5.69 Å². The lowest BCUT2D eigenvalue weighted by Gasteiger charge is -2.15. The van der Waals surface area contributed by atoms with E-state index in [4.69, 9.17) is 0 Å². The molecule has 0 unspecified atom stereocenters. The van der Waals surface area contributed by atoms with E-state index >= 15 is 0 Å². The predicted octanol–water partition coefficient (Wildman–Crippen LogP) is 5.77. The Bertz CT molecular complexity index is 1100. The van der Waals surface area contributed by atoms with Gasteiger partial charge in [-0.15, -0.1) is 0 Å². The van der Waals surface area contributed by atoms with Gasteiger partial charge >= 0.3 is 0 Å². The Hall–Kier alpha value is -2.92. The van der Waals surface area contributed by atoms with Crippen LogP contribution in [0.5, 0.6) is 0 Å². The van der Waals surface area contributed by atoms with Gasteiger partial charge < -0.3 is 4.57 Å². The highest BCUT2D eigenvalue weighted by Crippen LogP contribution is 2.26. The molecule has 4 aromatic rings. The molecule has 0 aliphatic heterocycles. The number of aromatic nitrogens is 2. The van der Waals surface area contributed by atoms with E-state index in [2.05, 4.69) is 78.1 Å². The molecule has 2 aromatic carbocycles. The number of hydrogen-bond acceptors (Lipinski definition) is 4. The first-order chi connectivity index (χ1) is 13.0. The molecule has 0 amide bonds. The number of thiazole rings is 1. The van der Waals surface area contributed by atoms with Crippen LogP contribution in [0, 0.1) is 27.7 Å². The standard InChI is InChI=1S/C22H22N4S/c1-14-8-7-9-15(2)21(14)26-16(3)12-18(17(26)4)13-23-25-22-24-19-10-5-6-11-20(19)27-22/h5-13H,1-4H3,(H,24,25)/b23-13+. The fourth-order valence-electron chi connectivity index (χ4n) is 3.50. The van der Waals surface area contributed by atoms with Crippen molar-refractivity contribution in [1.29, 1.82) is 0 Å². The maximum absolute atomic E-state index is 4.55. The first-order valence-corrected chi connectivity index (χ1v) is 9.76. The van der Waals surface area contributed by atoms with Gasteiger partial charge in [0.05, 0.1) is 22.1 Å². The summed E-state index contributed by atoms with van der Waals surface area (Å²) in [5.41, 5.74) is 11.3. The number of rotatable bonds is 4. The third-order valence-corrected chi connectivity index (χ3v) is 5.73. The number of fused-ring (bicyclic) bond motifs is 1. The smallest absolute Gasteiger partial charge is 0.204 e. The van der Waals surface area contributed by atoms with Gasteiger partial charge in [0, 0.05) is 17.0 Å². The number of benzene rings is 2. The van der Waals surface area contributed by atoms with E-state index in [1.54, 1.807) is 11.3 Å². The van der Waals surface area contributed by atoms with E-state index in [0.717, 1.165) is 20.9 Å². The van der Waals surface area contributed by atoms with Crippen LogP contribution in [0.2, 0.25) is 0 Å². The Labute approximate surface area is 163 Å². The largest absolute Gasteiger partial charge is 0.317 e. The highest BCUT2D eigenvalue weighted by Gasteiger charge is 2.13. The molecular formula is C22H22N4S. The van der Waals surface area contributed by atoms with E-state index in [1.807, 2.05) is 24.4 Å². The SMILES string of the molecule is Cc1cccc(C)c1-n1c(C)cc(/C=N/Nc2nc3ccccc3s2)c1C. The van der Waals surface area contributed by atoms with Crippen LogP contribution in [-0.2, 0) is 0 Å². The molecular weight excluding hydrogens is 352 g/mol. The van der Waals surface area contributed by atoms with E-state index < -0.39 is 0 Å². The third kappa shape index (κ3) is 3.26. The molecule has 0 fully saturated rings. The van der Waals surface area contributed by atoms with Crippen LogP contribution in [0.25, 0.3) is 15.9 Å². The summed E-state index contributed by atoms with van der Waals surface area (Å²) in [4.78, 5) is 4.55. The quantitative estimate of drug-likeness (QED) is 0.364. The molecule has 0 atom stereocenters. The molecule has 0 aliphatic rings. The summed E-state index contributed by atoms with van der Waals surface area (Å²) in [5, 5.41) is 5.22. The van der Waals surface area contributed by atoms with E-state index in [9.17, 15) is 0 Å². The molecule has 1 N–H and O–H groups in total. The van der Waals surface area contributed by atoms with Crippen molar-refractivity contribution in [2.75, 3.05) is 5.43 Å². The minimum absolute atomic E-state index is 0.802. The third-order valence-electron chi connectivity index (χ3n) is 4.79. The minimum Gasteiger partial charge on any atom is -0.317 e. The predicted molar refractivity (Wildman–Crippen MR) is 116 cm³/mol. The van der Waals surface area contributed by atoms with Crippen LogP contribution in [-0.4, -0.2) is 15.8 Å². The molecule has 4 nitrogen and oxygen atoms in total. The van der Waals surface area contributed by atoms with E-state index in [1.165, 1.54) is 28.2 Å².